The van der Waals surface area contributed by atoms with E-state index in [9.17, 15) is 29.3 Å². The van der Waals surface area contributed by atoms with Crippen molar-refractivity contribution in [3.63, 3.8) is 0 Å². The maximum Gasteiger partial charge on any atom is 0.500 e. The van der Waals surface area contributed by atoms with Crippen molar-refractivity contribution >= 4 is 144 Å². The van der Waals surface area contributed by atoms with Gasteiger partial charge in [-0.25, -0.2) is 0 Å². The Morgan fingerprint density at radius 3 is 0.932 bits per heavy atom. The molecule has 1 heterocycles. The van der Waals surface area contributed by atoms with Crippen LogP contribution in [0.3, 0.4) is 0 Å². The summed E-state index contributed by atoms with van der Waals surface area (Å²) < 4.78 is 105. The quantitative estimate of drug-likeness (QED) is 0.00651. The van der Waals surface area contributed by atoms with Crippen molar-refractivity contribution in [2.24, 2.45) is 0 Å². The average molecular weight is 2150 g/mol. The molecule has 0 fully saturated rings. The van der Waals surface area contributed by atoms with Crippen LogP contribution >= 0.6 is 47.0 Å². The SMILES string of the molecule is CCO[Si](CCCSC(CC(=O)OCc1ccc2c(c1)OCO2)c1ccccc1)(OCC)OCC.CCO[Si](CCCSC(CC(=O)OCc1cccc([N+](=O)[O-])c1)c1ccccc1)(OCC)OCC.CCO[Si](CCCSC(CC(=O)OCc1cccc2cc3ccccc3cc12)c1ccccc1)(OCC)OCC.CCO[Si](CCCSC(CC(=O)OCc1cccc2ccccc12)c1ccccc1)(OCC)OCC. The molecule has 0 N–H and O–H groups in total. The zero-order valence-electron chi connectivity index (χ0n) is 86.8. The fraction of sp³-hybridized carbons (Fsp3) is 0.434. The van der Waals surface area contributed by atoms with Crippen LogP contribution in [0.15, 0.2) is 261 Å². The van der Waals surface area contributed by atoms with E-state index in [0.29, 0.717) is 122 Å². The van der Waals surface area contributed by atoms with Gasteiger partial charge in [0.1, 0.15) is 26.4 Å². The van der Waals surface area contributed by atoms with E-state index < -0.39 is 40.1 Å². The third-order valence-corrected chi connectivity index (χ3v) is 41.2. The number of nitrogens with zero attached hydrogens (tertiary/aromatic N) is 1. The van der Waals surface area contributed by atoms with E-state index in [0.717, 1.165) is 127 Å². The summed E-state index contributed by atoms with van der Waals surface area (Å²) in [6, 6.07) is 88.2. The van der Waals surface area contributed by atoms with Gasteiger partial charge in [0.2, 0.25) is 6.79 Å². The van der Waals surface area contributed by atoms with Gasteiger partial charge in [0.05, 0.1) is 30.6 Å². The number of nitro benzene ring substituents is 1. The number of carbonyl (C=O) groups is 4. The molecule has 0 aromatic heterocycles. The molecular weight excluding hydrogens is 2000 g/mol. The summed E-state index contributed by atoms with van der Waals surface area (Å²) >= 11 is 7.00. The number of carbonyl (C=O) groups excluding carboxylic acids is 4. The van der Waals surface area contributed by atoms with Gasteiger partial charge in [-0.3, -0.25) is 29.3 Å². The van der Waals surface area contributed by atoms with Crippen LogP contribution in [0, 0.1) is 10.1 Å². The molecule has 0 saturated heterocycles. The van der Waals surface area contributed by atoms with Gasteiger partial charge in [-0.1, -0.05) is 224 Å². The number of rotatable bonds is 65. The predicted molar refractivity (Wildman–Crippen MR) is 596 cm³/mol. The zero-order valence-corrected chi connectivity index (χ0v) is 94.1. The third-order valence-electron chi connectivity index (χ3n) is 23.1. The summed E-state index contributed by atoms with van der Waals surface area (Å²) in [7, 11) is -10.7. The van der Waals surface area contributed by atoms with Gasteiger partial charge in [-0.2, -0.15) is 47.0 Å². The Bertz CT molecular complexity index is 5530. The summed E-state index contributed by atoms with van der Waals surface area (Å²) in [5.74, 6) is 3.84. The Morgan fingerprint density at radius 2 is 0.582 bits per heavy atom. The highest BCUT2D eigenvalue weighted by molar-refractivity contribution is 8.00. The third kappa shape index (κ3) is 41.3. The first-order valence-corrected chi connectivity index (χ1v) is 63.1. The highest BCUT2D eigenvalue weighted by Crippen LogP contribution is 2.41. The van der Waals surface area contributed by atoms with Crippen molar-refractivity contribution in [2.45, 2.75) is 206 Å². The van der Waals surface area contributed by atoms with Crippen molar-refractivity contribution in [1.29, 1.82) is 0 Å². The van der Waals surface area contributed by atoms with Crippen molar-refractivity contribution < 1.29 is 106 Å². The number of fused-ring (bicyclic) bond motifs is 4. The van der Waals surface area contributed by atoms with E-state index >= 15 is 0 Å². The van der Waals surface area contributed by atoms with Crippen molar-refractivity contribution in [3.8, 4) is 11.5 Å². The van der Waals surface area contributed by atoms with Crippen LogP contribution in [-0.2, 0) is 118 Å². The Balaban J connectivity index is 0.000000217. The second-order valence-electron chi connectivity index (χ2n) is 33.5. The molecule has 33 heteroatoms. The zero-order chi connectivity index (χ0) is 104. The van der Waals surface area contributed by atoms with E-state index in [-0.39, 0.29) is 90.2 Å². The van der Waals surface area contributed by atoms with Gasteiger partial charge in [-0.15, -0.1) is 0 Å². The molecule has 11 aromatic carbocycles. The van der Waals surface area contributed by atoms with Crippen LogP contribution in [0.1, 0.15) is 200 Å². The maximum absolute atomic E-state index is 13.1. The fourth-order valence-corrected chi connectivity index (χ4v) is 32.9. The molecule has 0 bridgehead atoms. The highest BCUT2D eigenvalue weighted by Gasteiger charge is 2.44. The monoisotopic (exact) mass is 2140 g/mol. The van der Waals surface area contributed by atoms with Crippen LogP contribution in [0.2, 0.25) is 24.2 Å². The molecule has 0 radical (unpaired) electrons. The Kier molecular flexibility index (Phi) is 55.9. The van der Waals surface area contributed by atoms with Crippen LogP contribution in [0.5, 0.6) is 11.5 Å². The van der Waals surface area contributed by atoms with Gasteiger partial charge < -0.3 is 81.5 Å². The Hall–Kier alpha value is -9.13. The molecule has 0 saturated carbocycles. The molecule has 1 aliphatic rings. The number of esters is 4. The first kappa shape index (κ1) is 120. The van der Waals surface area contributed by atoms with Crippen molar-refractivity contribution in [3.05, 3.63) is 315 Å². The molecule has 0 amide bonds. The normalized spacial score (nSPS) is 12.7. The summed E-state index contributed by atoms with van der Waals surface area (Å²) in [4.78, 5) is 61.9. The number of nitro groups is 1. The summed E-state index contributed by atoms with van der Waals surface area (Å²) in [6.45, 7) is 31.3. The molecule has 11 aromatic rings. The number of hydrogen-bond donors (Lipinski definition) is 0. The second kappa shape index (κ2) is 67.8. The average Bonchev–Trinajstić information content (AvgIpc) is 0.910. The number of thioether (sulfide) groups is 4. The van der Waals surface area contributed by atoms with Gasteiger partial charge in [0.25, 0.3) is 5.69 Å². The standard InChI is InChI=1S/C33H40O5SSi.C29H38O5SSi.C26H36O7SSi.C25H35NO7SSi/c1-4-36-40(37-5-2,38-6-3)21-13-20-39-32(26-14-8-7-9-15-26)24-33(34)35-25-30-19-12-18-29-22-27-16-10-11-17-28(27)23-31(29)30;1-4-32-36(33-5-2,34-6-3)21-13-20-35-28(25-15-8-7-9-16-25)22-29(30)31-23-26-18-12-17-24-14-10-11-19-27(24)26;1-4-31-35(32-5-2,33-6-3)16-10-15-34-25(22-11-8-7-9-12-22)18-26(27)28-19-21-13-14-23-24(17-21)30-20-29-23;1-4-31-35(32-5-2,33-6-3)17-11-16-34-24(22-13-8-7-9-14-22)19-25(27)30-20-21-12-10-15-23(18-21)26(28)29/h7-12,14-19,22-23,32H,4-6,13,20-21,24-25H2,1-3H3;7-12,14-19,28H,4-6,13,20-23H2,1-3H3;7-9,11-14,17,25H,4-6,10,15-16,18-20H2,1-3H3;7-10,12-15,18,24H,4-6,11,16-17,19-20H2,1-3H3. The lowest BCUT2D eigenvalue weighted by Crippen LogP contribution is -2.46. The number of hydrogen-bond acceptors (Lipinski definition) is 28. The first-order chi connectivity index (χ1) is 71.2. The lowest BCUT2D eigenvalue weighted by molar-refractivity contribution is -0.385. The lowest BCUT2D eigenvalue weighted by Gasteiger charge is -2.28. The molecule has 12 rings (SSSR count). The van der Waals surface area contributed by atoms with Crippen molar-refractivity contribution in [1.82, 2.24) is 0 Å². The van der Waals surface area contributed by atoms with Crippen LogP contribution < -0.4 is 9.47 Å². The van der Waals surface area contributed by atoms with Crippen molar-refractivity contribution in [2.75, 3.05) is 109 Å². The highest BCUT2D eigenvalue weighted by atomic mass is 32.2. The summed E-state index contributed by atoms with van der Waals surface area (Å²) in [5.41, 5.74) is 7.89. The van der Waals surface area contributed by atoms with Gasteiger partial charge in [0.15, 0.2) is 11.5 Å². The Morgan fingerprint density at radius 1 is 0.295 bits per heavy atom. The van der Waals surface area contributed by atoms with Crippen LogP contribution in [0.25, 0.3) is 32.3 Å². The number of non-ortho nitro benzene ring substituents is 1. The van der Waals surface area contributed by atoms with E-state index in [1.165, 1.54) is 22.9 Å². The van der Waals surface area contributed by atoms with Gasteiger partial charge in [-0.05, 0) is 233 Å². The number of ether oxygens (including phenoxy) is 6. The molecule has 4 atom stereocenters. The molecule has 146 heavy (non-hydrogen) atoms. The van der Waals surface area contributed by atoms with E-state index in [1.54, 1.807) is 59.2 Å². The summed E-state index contributed by atoms with van der Waals surface area (Å²) in [6.07, 6.45) is 4.64. The molecule has 4 unspecified atom stereocenters. The minimum absolute atomic E-state index is 0.00210. The Labute approximate surface area is 885 Å². The van der Waals surface area contributed by atoms with E-state index in [1.807, 2.05) is 229 Å². The topological polar surface area (TPSA) is 278 Å². The van der Waals surface area contributed by atoms with Gasteiger partial charge >= 0.3 is 59.1 Å². The molecule has 25 nitrogen and oxygen atoms in total. The predicted octanol–water partition coefficient (Wildman–Crippen LogP) is 27.2. The largest absolute Gasteiger partial charge is 0.500 e. The minimum atomic E-state index is -2.69. The first-order valence-electron chi connectivity index (χ1n) is 51.1. The smallest absolute Gasteiger partial charge is 0.461 e. The van der Waals surface area contributed by atoms with Crippen LogP contribution in [-0.4, -0.2) is 173 Å². The molecular formula is C113H149NO24S4Si4. The fourth-order valence-electron chi connectivity index (χ4n) is 16.7. The molecule has 0 spiro atoms. The molecule has 1 aliphatic heterocycles. The minimum Gasteiger partial charge on any atom is -0.461 e. The number of benzene rings is 11. The van der Waals surface area contributed by atoms with Crippen LogP contribution in [0.4, 0.5) is 5.69 Å². The lowest BCUT2D eigenvalue weighted by atomic mass is 10.00. The maximum atomic E-state index is 13.1. The van der Waals surface area contributed by atoms with Gasteiger partial charge in [0, 0.05) is 137 Å². The molecule has 0 aliphatic carbocycles. The van der Waals surface area contributed by atoms with E-state index in [4.69, 9.17) is 81.5 Å². The molecule has 790 valence electrons. The van der Waals surface area contributed by atoms with E-state index in [2.05, 4.69) is 91.0 Å². The summed E-state index contributed by atoms with van der Waals surface area (Å²) in [5, 5.41) is 17.8. The second-order valence-corrected chi connectivity index (χ2v) is 49.6.